The number of alkyl halides is 3. The maximum Gasteiger partial charge on any atom is 0.399 e. The van der Waals surface area contributed by atoms with E-state index < -0.39 is 12.1 Å². The maximum atomic E-state index is 13.4. The molecule has 0 aliphatic heterocycles. The molecule has 8 heteroatoms. The molecule has 0 radical (unpaired) electrons. The molecule has 1 nitrogen and oxygen atoms in total. The lowest BCUT2D eigenvalue weighted by Gasteiger charge is -2.18. The minimum Gasteiger partial charge on any atom is -0.298 e. The van der Waals surface area contributed by atoms with E-state index in [-0.39, 0.29) is 20.6 Å². The smallest absolute Gasteiger partial charge is 0.298 e. The summed E-state index contributed by atoms with van der Waals surface area (Å²) in [6, 6.07) is 6.89. The number of allylic oxidation sites excluding steroid dienone is 1. The fourth-order valence-corrected chi connectivity index (χ4v) is 3.22. The van der Waals surface area contributed by atoms with Crippen LogP contribution in [0.15, 0.2) is 40.9 Å². The molecule has 0 amide bonds. The van der Waals surface area contributed by atoms with Gasteiger partial charge in [-0.25, -0.2) is 0 Å². The molecule has 0 aliphatic rings. The Morgan fingerprint density at radius 1 is 1.04 bits per heavy atom. The number of hydrogen-bond donors (Lipinski definition) is 0. The van der Waals surface area contributed by atoms with Gasteiger partial charge >= 0.3 is 6.18 Å². The van der Waals surface area contributed by atoms with Gasteiger partial charge in [-0.3, -0.25) is 4.79 Å². The van der Waals surface area contributed by atoms with Crippen LogP contribution in [0.3, 0.4) is 0 Å². The van der Waals surface area contributed by atoms with E-state index in [4.69, 9.17) is 34.8 Å². The van der Waals surface area contributed by atoms with Gasteiger partial charge in [0, 0.05) is 10.0 Å². The third-order valence-electron chi connectivity index (χ3n) is 3.35. The molecule has 0 bridgehead atoms. The van der Waals surface area contributed by atoms with Crippen molar-refractivity contribution < 1.29 is 18.0 Å². The molecule has 0 fully saturated rings. The number of rotatable bonds is 4. The SMILES string of the molecule is O=Cc1ccc(C=CC(c2cc(Cl)c(Cl)c(Cl)c2)C(F)(F)F)cc1Br. The molecule has 2 rings (SSSR count). The van der Waals surface area contributed by atoms with E-state index >= 15 is 0 Å². The van der Waals surface area contributed by atoms with Gasteiger partial charge in [-0.05, 0) is 35.4 Å². The third-order valence-corrected chi connectivity index (χ3v) is 5.23. The van der Waals surface area contributed by atoms with Crippen molar-refractivity contribution in [1.29, 1.82) is 0 Å². The van der Waals surface area contributed by atoms with Crippen LogP contribution in [-0.4, -0.2) is 12.5 Å². The number of benzene rings is 2. The summed E-state index contributed by atoms with van der Waals surface area (Å²) < 4.78 is 40.8. The molecular weight excluding hydrogens is 463 g/mol. The van der Waals surface area contributed by atoms with E-state index in [0.29, 0.717) is 21.9 Å². The van der Waals surface area contributed by atoms with Crippen molar-refractivity contribution in [3.63, 3.8) is 0 Å². The summed E-state index contributed by atoms with van der Waals surface area (Å²) in [5.74, 6) is -1.91. The van der Waals surface area contributed by atoms with Crippen molar-refractivity contribution in [1.82, 2.24) is 0 Å². The average Bonchev–Trinajstić information content (AvgIpc) is 2.51. The van der Waals surface area contributed by atoms with Crippen molar-refractivity contribution in [2.24, 2.45) is 0 Å². The van der Waals surface area contributed by atoms with Crippen molar-refractivity contribution >= 4 is 63.1 Å². The summed E-state index contributed by atoms with van der Waals surface area (Å²) in [4.78, 5) is 10.8. The van der Waals surface area contributed by atoms with Gasteiger partial charge in [0.25, 0.3) is 0 Å². The second kappa shape index (κ2) is 8.12. The zero-order valence-corrected chi connectivity index (χ0v) is 16.1. The second-order valence-electron chi connectivity index (χ2n) is 5.08. The van der Waals surface area contributed by atoms with Gasteiger partial charge in [-0.1, -0.05) is 69.0 Å². The van der Waals surface area contributed by atoms with Gasteiger partial charge in [0.1, 0.15) is 0 Å². The Morgan fingerprint density at radius 3 is 2.12 bits per heavy atom. The first-order valence-electron chi connectivity index (χ1n) is 6.77. The lowest BCUT2D eigenvalue weighted by molar-refractivity contribution is -0.139. The topological polar surface area (TPSA) is 17.1 Å². The van der Waals surface area contributed by atoms with E-state index in [1.807, 2.05) is 0 Å². The van der Waals surface area contributed by atoms with Crippen molar-refractivity contribution in [3.05, 3.63) is 72.6 Å². The van der Waals surface area contributed by atoms with Gasteiger partial charge in [0.05, 0.1) is 21.0 Å². The summed E-state index contributed by atoms with van der Waals surface area (Å²) in [7, 11) is 0. The lowest BCUT2D eigenvalue weighted by Crippen LogP contribution is -2.19. The number of halogens is 7. The highest BCUT2D eigenvalue weighted by Gasteiger charge is 2.39. The largest absolute Gasteiger partial charge is 0.399 e. The van der Waals surface area contributed by atoms with Gasteiger partial charge in [-0.2, -0.15) is 13.2 Å². The first-order chi connectivity index (χ1) is 11.6. The van der Waals surface area contributed by atoms with Crippen molar-refractivity contribution in [2.75, 3.05) is 0 Å². The average molecular weight is 473 g/mol. The molecule has 2 aromatic rings. The van der Waals surface area contributed by atoms with Crippen molar-refractivity contribution in [2.45, 2.75) is 12.1 Å². The minimum atomic E-state index is -4.54. The third kappa shape index (κ3) is 5.00. The standard InChI is InChI=1S/C17H9BrCl3F3O/c18-13-5-9(1-3-10(13)8-25)2-4-12(17(22,23)24)11-6-14(19)16(21)15(20)7-11/h1-8,12H. The van der Waals surface area contributed by atoms with E-state index in [9.17, 15) is 18.0 Å². The number of hydrogen-bond acceptors (Lipinski definition) is 1. The number of aldehydes is 1. The molecule has 0 aliphatic carbocycles. The highest BCUT2D eigenvalue weighted by molar-refractivity contribution is 9.10. The lowest BCUT2D eigenvalue weighted by atomic mass is 9.97. The van der Waals surface area contributed by atoms with E-state index in [1.165, 1.54) is 12.1 Å². The summed E-state index contributed by atoms with van der Waals surface area (Å²) in [6.07, 6.45) is -1.59. The van der Waals surface area contributed by atoms with Gasteiger partial charge in [0.2, 0.25) is 0 Å². The minimum absolute atomic E-state index is 0.00497. The Labute approximate surface area is 165 Å². The van der Waals surface area contributed by atoms with Crippen LogP contribution in [0.5, 0.6) is 0 Å². The monoisotopic (exact) mass is 470 g/mol. The molecular formula is C17H9BrCl3F3O. The Bertz CT molecular complexity index is 811. The van der Waals surface area contributed by atoms with Crippen LogP contribution in [-0.2, 0) is 0 Å². The maximum absolute atomic E-state index is 13.4. The molecule has 2 aromatic carbocycles. The second-order valence-corrected chi connectivity index (χ2v) is 7.12. The van der Waals surface area contributed by atoms with E-state index in [1.54, 1.807) is 12.1 Å². The van der Waals surface area contributed by atoms with Gasteiger partial charge in [-0.15, -0.1) is 0 Å². The highest BCUT2D eigenvalue weighted by atomic mass is 79.9. The first-order valence-corrected chi connectivity index (χ1v) is 8.70. The molecule has 0 saturated heterocycles. The molecule has 0 aromatic heterocycles. The molecule has 0 spiro atoms. The Hall–Kier alpha value is -1.01. The van der Waals surface area contributed by atoms with Crippen LogP contribution in [0.25, 0.3) is 6.08 Å². The summed E-state index contributed by atoms with van der Waals surface area (Å²) >= 11 is 20.7. The van der Waals surface area contributed by atoms with Crippen LogP contribution in [0.1, 0.15) is 27.4 Å². The van der Waals surface area contributed by atoms with Crippen LogP contribution < -0.4 is 0 Å². The van der Waals surface area contributed by atoms with E-state index in [0.717, 1.165) is 18.2 Å². The van der Waals surface area contributed by atoms with Crippen LogP contribution in [0.4, 0.5) is 13.2 Å². The molecule has 0 N–H and O–H groups in total. The quantitative estimate of drug-likeness (QED) is 0.331. The summed E-state index contributed by atoms with van der Waals surface area (Å²) in [5.41, 5.74) is 0.783. The predicted octanol–water partition coefficient (Wildman–Crippen LogP) is 7.58. The zero-order chi connectivity index (χ0) is 18.8. The fourth-order valence-electron chi connectivity index (χ4n) is 2.11. The van der Waals surface area contributed by atoms with Crippen LogP contribution in [0, 0.1) is 0 Å². The number of carbonyl (C=O) groups is 1. The molecule has 0 saturated carbocycles. The van der Waals surface area contributed by atoms with Gasteiger partial charge < -0.3 is 0 Å². The zero-order valence-electron chi connectivity index (χ0n) is 12.3. The van der Waals surface area contributed by atoms with Gasteiger partial charge in [0.15, 0.2) is 6.29 Å². The highest BCUT2D eigenvalue weighted by Crippen LogP contribution is 2.41. The normalized spacial score (nSPS) is 13.2. The molecule has 25 heavy (non-hydrogen) atoms. The molecule has 132 valence electrons. The van der Waals surface area contributed by atoms with Crippen LogP contribution >= 0.6 is 50.7 Å². The van der Waals surface area contributed by atoms with E-state index in [2.05, 4.69) is 15.9 Å². The number of carbonyl (C=O) groups excluding carboxylic acids is 1. The molecule has 1 unspecified atom stereocenters. The Morgan fingerprint density at radius 2 is 1.64 bits per heavy atom. The van der Waals surface area contributed by atoms with Crippen LogP contribution in [0.2, 0.25) is 15.1 Å². The first kappa shape index (κ1) is 20.3. The fraction of sp³-hybridized carbons (Fsp3) is 0.118. The summed E-state index contributed by atoms with van der Waals surface area (Å²) in [6.45, 7) is 0. The Balaban J connectivity index is 2.43. The predicted molar refractivity (Wildman–Crippen MR) is 98.8 cm³/mol. The van der Waals surface area contributed by atoms with Crippen molar-refractivity contribution in [3.8, 4) is 0 Å². The molecule has 1 atom stereocenters. The Kier molecular flexibility index (Phi) is 6.60. The molecule has 0 heterocycles. The summed E-state index contributed by atoms with van der Waals surface area (Å²) in [5, 5.41) is -0.0971.